The Morgan fingerprint density at radius 1 is 0.299 bits per heavy atom. The van der Waals surface area contributed by atoms with E-state index in [9.17, 15) is 14.4 Å². The van der Waals surface area contributed by atoms with E-state index in [1.54, 1.807) is 0 Å². The Kier molecular flexibility index (Phi) is 53.8. The highest BCUT2D eigenvalue weighted by Gasteiger charge is 2.19. The molecule has 0 fully saturated rings. The summed E-state index contributed by atoms with van der Waals surface area (Å²) in [5.74, 6) is -0.950. The average molecular weight is 940 g/mol. The molecule has 1 atom stereocenters. The predicted molar refractivity (Wildman–Crippen MR) is 289 cm³/mol. The van der Waals surface area contributed by atoms with Gasteiger partial charge in [-0.3, -0.25) is 14.4 Å². The average Bonchev–Trinajstić information content (AvgIpc) is 3.33. The molecule has 0 amide bonds. The number of ether oxygens (including phenoxy) is 3. The first-order valence-corrected chi connectivity index (χ1v) is 29.1. The highest BCUT2D eigenvalue weighted by molar-refractivity contribution is 5.71. The van der Waals surface area contributed by atoms with Crippen molar-refractivity contribution >= 4 is 17.9 Å². The van der Waals surface area contributed by atoms with Crippen molar-refractivity contribution in [2.75, 3.05) is 13.2 Å². The third-order valence-corrected chi connectivity index (χ3v) is 12.8. The molecule has 0 aliphatic rings. The van der Waals surface area contributed by atoms with Crippen molar-refractivity contribution in [2.45, 2.75) is 309 Å². The monoisotopic (exact) mass is 939 g/mol. The van der Waals surface area contributed by atoms with E-state index in [4.69, 9.17) is 14.2 Å². The fraction of sp³-hybridized carbons (Fsp3) is 0.820. The molecule has 1 unspecified atom stereocenters. The number of rotatable bonds is 53. The van der Waals surface area contributed by atoms with E-state index in [2.05, 4.69) is 69.4 Å². The topological polar surface area (TPSA) is 78.9 Å². The molecule has 67 heavy (non-hydrogen) atoms. The minimum Gasteiger partial charge on any atom is -0.462 e. The largest absolute Gasteiger partial charge is 0.462 e. The van der Waals surface area contributed by atoms with Gasteiger partial charge in [0.1, 0.15) is 13.2 Å². The van der Waals surface area contributed by atoms with Gasteiger partial charge in [0.2, 0.25) is 0 Å². The van der Waals surface area contributed by atoms with Crippen molar-refractivity contribution in [1.82, 2.24) is 0 Å². The summed E-state index contributed by atoms with van der Waals surface area (Å²) in [4.78, 5) is 38.1. The molecule has 0 bridgehead atoms. The van der Waals surface area contributed by atoms with Crippen LogP contribution in [-0.4, -0.2) is 37.2 Å². The zero-order valence-corrected chi connectivity index (χ0v) is 44.7. The summed E-state index contributed by atoms with van der Waals surface area (Å²) in [5.41, 5.74) is 0. The van der Waals surface area contributed by atoms with Crippen molar-refractivity contribution in [3.8, 4) is 0 Å². The predicted octanol–water partition coefficient (Wildman–Crippen LogP) is 19.4. The maximum atomic E-state index is 12.8. The van der Waals surface area contributed by atoms with E-state index in [-0.39, 0.29) is 37.5 Å². The number of hydrogen-bond acceptors (Lipinski definition) is 6. The van der Waals surface area contributed by atoms with Crippen LogP contribution in [-0.2, 0) is 28.6 Å². The van der Waals surface area contributed by atoms with Crippen molar-refractivity contribution in [3.63, 3.8) is 0 Å². The summed E-state index contributed by atoms with van der Waals surface area (Å²) >= 11 is 0. The quantitative estimate of drug-likeness (QED) is 0.0262. The van der Waals surface area contributed by atoms with Gasteiger partial charge >= 0.3 is 17.9 Å². The van der Waals surface area contributed by atoms with Gasteiger partial charge in [0.05, 0.1) is 0 Å². The molecule has 390 valence electrons. The number of carbonyl (C=O) groups is 3. The third-order valence-electron chi connectivity index (χ3n) is 12.8. The van der Waals surface area contributed by atoms with Crippen molar-refractivity contribution in [3.05, 3.63) is 48.6 Å². The Bertz CT molecular complexity index is 1170. The summed E-state index contributed by atoms with van der Waals surface area (Å²) in [6, 6.07) is 0. The van der Waals surface area contributed by atoms with E-state index >= 15 is 0 Å². The van der Waals surface area contributed by atoms with E-state index in [0.717, 1.165) is 70.6 Å². The molecule has 0 saturated carbocycles. The first-order chi connectivity index (χ1) is 33.0. The van der Waals surface area contributed by atoms with Gasteiger partial charge in [-0.1, -0.05) is 256 Å². The maximum absolute atomic E-state index is 12.8. The molecule has 0 aromatic carbocycles. The van der Waals surface area contributed by atoms with Crippen molar-refractivity contribution < 1.29 is 28.6 Å². The van der Waals surface area contributed by atoms with Crippen LogP contribution in [0.3, 0.4) is 0 Å². The van der Waals surface area contributed by atoms with Crippen LogP contribution >= 0.6 is 0 Å². The molecule has 0 heterocycles. The lowest BCUT2D eigenvalue weighted by atomic mass is 10.0. The second kappa shape index (κ2) is 56.0. The molecule has 0 aliphatic heterocycles. The molecule has 0 radical (unpaired) electrons. The minimum atomic E-state index is -0.803. The van der Waals surface area contributed by atoms with Gasteiger partial charge in [-0.05, 0) is 77.0 Å². The lowest BCUT2D eigenvalue weighted by molar-refractivity contribution is -0.167. The minimum absolute atomic E-state index is 0.0947. The summed E-state index contributed by atoms with van der Waals surface area (Å²) in [6.07, 6.45) is 68.3. The van der Waals surface area contributed by atoms with Gasteiger partial charge in [-0.15, -0.1) is 0 Å². The highest BCUT2D eigenvalue weighted by atomic mass is 16.6. The highest BCUT2D eigenvalue weighted by Crippen LogP contribution is 2.16. The molecule has 6 heteroatoms. The van der Waals surface area contributed by atoms with E-state index in [1.807, 2.05) is 0 Å². The number of carbonyl (C=O) groups excluding carboxylic acids is 3. The van der Waals surface area contributed by atoms with Crippen LogP contribution in [0.5, 0.6) is 0 Å². The van der Waals surface area contributed by atoms with Crippen LogP contribution in [0.25, 0.3) is 0 Å². The van der Waals surface area contributed by atoms with Gasteiger partial charge in [-0.2, -0.15) is 0 Å². The van der Waals surface area contributed by atoms with Gasteiger partial charge in [0, 0.05) is 19.3 Å². The fourth-order valence-electron chi connectivity index (χ4n) is 8.40. The molecule has 0 N–H and O–H groups in total. The van der Waals surface area contributed by atoms with E-state index in [0.29, 0.717) is 19.3 Å². The molecular formula is C61H110O6. The van der Waals surface area contributed by atoms with Crippen LogP contribution in [0.1, 0.15) is 303 Å². The molecule has 0 aliphatic carbocycles. The number of hydrogen-bond donors (Lipinski definition) is 0. The van der Waals surface area contributed by atoms with Gasteiger partial charge in [0.25, 0.3) is 0 Å². The van der Waals surface area contributed by atoms with Crippen LogP contribution in [0.15, 0.2) is 48.6 Å². The van der Waals surface area contributed by atoms with Crippen molar-refractivity contribution in [2.24, 2.45) is 0 Å². The van der Waals surface area contributed by atoms with Crippen LogP contribution < -0.4 is 0 Å². The first kappa shape index (κ1) is 64.4. The maximum Gasteiger partial charge on any atom is 0.306 e. The summed E-state index contributed by atoms with van der Waals surface area (Å²) in [6.45, 7) is 6.61. The summed E-state index contributed by atoms with van der Waals surface area (Å²) in [7, 11) is 0. The van der Waals surface area contributed by atoms with Crippen molar-refractivity contribution in [1.29, 1.82) is 0 Å². The zero-order chi connectivity index (χ0) is 48.6. The van der Waals surface area contributed by atoms with Gasteiger partial charge in [0.15, 0.2) is 6.10 Å². The van der Waals surface area contributed by atoms with E-state index in [1.165, 1.54) is 186 Å². The normalized spacial score (nSPS) is 12.3. The summed E-state index contributed by atoms with van der Waals surface area (Å²) in [5, 5.41) is 0. The molecule has 0 aromatic heterocycles. The molecule has 0 aromatic rings. The van der Waals surface area contributed by atoms with Gasteiger partial charge in [-0.25, -0.2) is 0 Å². The Balaban J connectivity index is 4.40. The van der Waals surface area contributed by atoms with Gasteiger partial charge < -0.3 is 14.2 Å². The molecule has 0 rings (SSSR count). The smallest absolute Gasteiger partial charge is 0.306 e. The first-order valence-electron chi connectivity index (χ1n) is 29.1. The standard InChI is InChI=1S/C61H110O6/c1-4-7-10-13-16-19-22-25-27-29-30-32-33-36-39-42-45-48-51-54-60(63)66-57-58(56-65-59(62)53-50-47-44-41-38-35-24-21-18-15-12-9-6-3)67-61(64)55-52-49-46-43-40-37-34-31-28-26-23-20-17-14-11-8-5-2/h26,28,34-35,37-38,43,46,58H,4-25,27,29-33,36,39-42,44-45,47-57H2,1-3H3/b28-26-,37-34-,38-35-,46-43-. The van der Waals surface area contributed by atoms with Crippen LogP contribution in [0.4, 0.5) is 0 Å². The lowest BCUT2D eigenvalue weighted by Gasteiger charge is -2.18. The van der Waals surface area contributed by atoms with Crippen LogP contribution in [0, 0.1) is 0 Å². The molecule has 0 spiro atoms. The van der Waals surface area contributed by atoms with E-state index < -0.39 is 6.10 Å². The SMILES string of the molecule is CCCCCCCC/C=C\C/C=C\C/C=C\CCCC(=O)OC(COC(=O)CCCCC/C=C\CCCCCCCC)COC(=O)CCCCCCCCCCCCCCCCCCCCC. The second-order valence-electron chi connectivity index (χ2n) is 19.6. The Morgan fingerprint density at radius 3 is 0.910 bits per heavy atom. The third kappa shape index (κ3) is 54.2. The summed E-state index contributed by atoms with van der Waals surface area (Å²) < 4.78 is 16.8. The number of allylic oxidation sites excluding steroid dienone is 8. The lowest BCUT2D eigenvalue weighted by Crippen LogP contribution is -2.30. The Hall–Kier alpha value is -2.63. The fourth-order valence-corrected chi connectivity index (χ4v) is 8.40. The molecule has 6 nitrogen and oxygen atoms in total. The molecule has 0 saturated heterocycles. The zero-order valence-electron chi connectivity index (χ0n) is 44.7. The Labute approximate surface area is 416 Å². The Morgan fingerprint density at radius 2 is 0.552 bits per heavy atom. The van der Waals surface area contributed by atoms with Crippen LogP contribution in [0.2, 0.25) is 0 Å². The molecular weight excluding hydrogens is 829 g/mol. The second-order valence-corrected chi connectivity index (χ2v) is 19.6. The number of esters is 3. The number of unbranched alkanes of at least 4 members (excludes halogenated alkanes) is 34.